The molecule has 1 aromatic carbocycles. The molecule has 4 N–H and O–H groups in total. The molecule has 120 valence electrons. The molecule has 0 bridgehead atoms. The number of esters is 1. The van der Waals surface area contributed by atoms with Crippen molar-refractivity contribution < 1.29 is 19.1 Å². The lowest BCUT2D eigenvalue weighted by Crippen LogP contribution is -2.49. The van der Waals surface area contributed by atoms with E-state index in [1.54, 1.807) is 20.8 Å². The molecule has 0 aliphatic heterocycles. The number of urea groups is 1. The zero-order chi connectivity index (χ0) is 16.9. The lowest BCUT2D eigenvalue weighted by Gasteiger charge is -2.20. The van der Waals surface area contributed by atoms with E-state index >= 15 is 0 Å². The first kappa shape index (κ1) is 17.8. The van der Waals surface area contributed by atoms with Crippen LogP contribution in [-0.4, -0.2) is 30.1 Å². The number of carbonyl (C=O) groups excluding carboxylic acids is 3. The van der Waals surface area contributed by atoms with Crippen molar-refractivity contribution in [3.63, 3.8) is 0 Å². The van der Waals surface area contributed by atoms with Crippen molar-refractivity contribution in [1.82, 2.24) is 10.6 Å². The second-order valence-electron chi connectivity index (χ2n) is 5.56. The fourth-order valence-electron chi connectivity index (χ4n) is 1.45. The van der Waals surface area contributed by atoms with Crippen LogP contribution in [0.1, 0.15) is 31.1 Å². The maximum Gasteiger partial charge on any atom is 0.340 e. The molecule has 0 aliphatic rings. The Kier molecular flexibility index (Phi) is 5.76. The van der Waals surface area contributed by atoms with Gasteiger partial charge in [0.05, 0.1) is 5.56 Å². The quantitative estimate of drug-likeness (QED) is 0.578. The standard InChI is InChI=1S/C14H18ClN3O4/c1-14(2,3)18-13(21)17-11(19)7-22-12(20)9-6-8(15)4-5-10(9)16/h4-6H,7,16H2,1-3H3,(H2,17,18,19,21). The van der Waals surface area contributed by atoms with Gasteiger partial charge in [-0.1, -0.05) is 11.6 Å². The fourth-order valence-corrected chi connectivity index (χ4v) is 1.62. The van der Waals surface area contributed by atoms with Gasteiger partial charge in [-0.3, -0.25) is 10.1 Å². The number of benzene rings is 1. The summed E-state index contributed by atoms with van der Waals surface area (Å²) in [5.74, 6) is -1.55. The Morgan fingerprint density at radius 1 is 1.27 bits per heavy atom. The number of imide groups is 1. The highest BCUT2D eigenvalue weighted by atomic mass is 35.5. The van der Waals surface area contributed by atoms with Crippen LogP contribution in [0.3, 0.4) is 0 Å². The van der Waals surface area contributed by atoms with Gasteiger partial charge in [-0.25, -0.2) is 9.59 Å². The van der Waals surface area contributed by atoms with Gasteiger partial charge in [-0.05, 0) is 39.0 Å². The zero-order valence-electron chi connectivity index (χ0n) is 12.5. The maximum absolute atomic E-state index is 11.8. The summed E-state index contributed by atoms with van der Waals surface area (Å²) in [6.45, 7) is 4.68. The molecule has 0 aromatic heterocycles. The summed E-state index contributed by atoms with van der Waals surface area (Å²) in [7, 11) is 0. The molecule has 0 unspecified atom stereocenters. The van der Waals surface area contributed by atoms with Gasteiger partial charge < -0.3 is 15.8 Å². The van der Waals surface area contributed by atoms with Crippen molar-refractivity contribution in [2.45, 2.75) is 26.3 Å². The van der Waals surface area contributed by atoms with Crippen molar-refractivity contribution in [3.8, 4) is 0 Å². The molecule has 0 fully saturated rings. The lowest BCUT2D eigenvalue weighted by molar-refractivity contribution is -0.123. The first-order valence-electron chi connectivity index (χ1n) is 6.42. The summed E-state index contributed by atoms with van der Waals surface area (Å²) < 4.78 is 4.79. The fraction of sp³-hybridized carbons (Fsp3) is 0.357. The minimum atomic E-state index is -0.800. The van der Waals surface area contributed by atoms with Crippen molar-refractivity contribution in [3.05, 3.63) is 28.8 Å². The Hall–Kier alpha value is -2.28. The molecule has 0 saturated carbocycles. The molecule has 1 aromatic rings. The number of halogens is 1. The highest BCUT2D eigenvalue weighted by molar-refractivity contribution is 6.31. The van der Waals surface area contributed by atoms with Crippen LogP contribution in [0, 0.1) is 0 Å². The van der Waals surface area contributed by atoms with Crippen LogP contribution in [-0.2, 0) is 9.53 Å². The summed E-state index contributed by atoms with van der Waals surface area (Å²) in [6.07, 6.45) is 0. The second-order valence-corrected chi connectivity index (χ2v) is 6.00. The van der Waals surface area contributed by atoms with Crippen molar-refractivity contribution in [2.24, 2.45) is 0 Å². The monoisotopic (exact) mass is 327 g/mol. The molecule has 0 atom stereocenters. The van der Waals surface area contributed by atoms with E-state index in [0.29, 0.717) is 5.02 Å². The Balaban J connectivity index is 2.52. The van der Waals surface area contributed by atoms with Crippen LogP contribution >= 0.6 is 11.6 Å². The lowest BCUT2D eigenvalue weighted by atomic mass is 10.1. The molecule has 0 aliphatic carbocycles. The van der Waals surface area contributed by atoms with Crippen LogP contribution in [0.5, 0.6) is 0 Å². The van der Waals surface area contributed by atoms with Gasteiger partial charge in [-0.2, -0.15) is 0 Å². The summed E-state index contributed by atoms with van der Waals surface area (Å²) in [5.41, 5.74) is 5.37. The van der Waals surface area contributed by atoms with E-state index in [4.69, 9.17) is 22.1 Å². The summed E-state index contributed by atoms with van der Waals surface area (Å²) in [4.78, 5) is 34.8. The summed E-state index contributed by atoms with van der Waals surface area (Å²) in [6, 6.07) is 3.65. The third-order valence-electron chi connectivity index (χ3n) is 2.31. The average Bonchev–Trinajstić information content (AvgIpc) is 2.36. The van der Waals surface area contributed by atoms with Crippen LogP contribution in [0.25, 0.3) is 0 Å². The van der Waals surface area contributed by atoms with E-state index in [2.05, 4.69) is 5.32 Å². The Labute approximate surface area is 133 Å². The summed E-state index contributed by atoms with van der Waals surface area (Å²) in [5, 5.41) is 4.90. The van der Waals surface area contributed by atoms with E-state index in [0.717, 1.165) is 0 Å². The smallest absolute Gasteiger partial charge is 0.340 e. The Morgan fingerprint density at radius 3 is 2.50 bits per heavy atom. The number of nitrogens with two attached hydrogens (primary N) is 1. The third kappa shape index (κ3) is 6.01. The van der Waals surface area contributed by atoms with Gasteiger partial charge in [0, 0.05) is 16.2 Å². The highest BCUT2D eigenvalue weighted by Crippen LogP contribution is 2.18. The van der Waals surface area contributed by atoms with E-state index in [1.165, 1.54) is 18.2 Å². The second kappa shape index (κ2) is 7.13. The van der Waals surface area contributed by atoms with Gasteiger partial charge in [-0.15, -0.1) is 0 Å². The van der Waals surface area contributed by atoms with Crippen LogP contribution in [0.15, 0.2) is 18.2 Å². The molecular formula is C14H18ClN3O4. The Bertz CT molecular complexity index is 596. The molecule has 0 spiro atoms. The average molecular weight is 328 g/mol. The van der Waals surface area contributed by atoms with Gasteiger partial charge in [0.2, 0.25) is 0 Å². The zero-order valence-corrected chi connectivity index (χ0v) is 13.3. The molecule has 0 saturated heterocycles. The van der Waals surface area contributed by atoms with E-state index < -0.39 is 30.1 Å². The number of amides is 3. The number of nitrogens with one attached hydrogen (secondary N) is 2. The number of hydrogen-bond donors (Lipinski definition) is 3. The number of rotatable bonds is 3. The summed E-state index contributed by atoms with van der Waals surface area (Å²) >= 11 is 5.76. The van der Waals surface area contributed by atoms with E-state index in [9.17, 15) is 14.4 Å². The highest BCUT2D eigenvalue weighted by Gasteiger charge is 2.18. The van der Waals surface area contributed by atoms with Gasteiger partial charge in [0.25, 0.3) is 5.91 Å². The number of anilines is 1. The predicted octanol–water partition coefficient (Wildman–Crippen LogP) is 1.70. The van der Waals surface area contributed by atoms with Gasteiger partial charge in [0.1, 0.15) is 0 Å². The molecule has 0 radical (unpaired) electrons. The van der Waals surface area contributed by atoms with Crippen molar-refractivity contribution >= 4 is 35.2 Å². The molecule has 0 heterocycles. The SMILES string of the molecule is CC(C)(C)NC(=O)NC(=O)COC(=O)c1cc(Cl)ccc1N. The van der Waals surface area contributed by atoms with Gasteiger partial charge >= 0.3 is 12.0 Å². The van der Waals surface area contributed by atoms with Gasteiger partial charge in [0.15, 0.2) is 6.61 Å². The third-order valence-corrected chi connectivity index (χ3v) is 2.55. The maximum atomic E-state index is 11.8. The van der Waals surface area contributed by atoms with Crippen LogP contribution in [0.4, 0.5) is 10.5 Å². The molecule has 1 rings (SSSR count). The van der Waals surface area contributed by atoms with E-state index in [1.807, 2.05) is 5.32 Å². The molecule has 22 heavy (non-hydrogen) atoms. The minimum absolute atomic E-state index is 0.0550. The van der Waals surface area contributed by atoms with Crippen LogP contribution < -0.4 is 16.4 Å². The molecule has 3 amide bonds. The van der Waals surface area contributed by atoms with Crippen molar-refractivity contribution in [1.29, 1.82) is 0 Å². The molecule has 7 nitrogen and oxygen atoms in total. The largest absolute Gasteiger partial charge is 0.452 e. The first-order chi connectivity index (χ1) is 10.1. The normalized spacial score (nSPS) is 10.7. The van der Waals surface area contributed by atoms with Crippen LogP contribution in [0.2, 0.25) is 5.02 Å². The van der Waals surface area contributed by atoms with Crippen molar-refractivity contribution in [2.75, 3.05) is 12.3 Å². The molecule has 8 heteroatoms. The van der Waals surface area contributed by atoms with E-state index in [-0.39, 0.29) is 11.3 Å². The number of hydrogen-bond acceptors (Lipinski definition) is 5. The first-order valence-corrected chi connectivity index (χ1v) is 6.80. The number of nitrogen functional groups attached to an aromatic ring is 1. The topological polar surface area (TPSA) is 111 Å². The number of carbonyl (C=O) groups is 3. The predicted molar refractivity (Wildman–Crippen MR) is 82.6 cm³/mol. The molecular weight excluding hydrogens is 310 g/mol. The Morgan fingerprint density at radius 2 is 1.91 bits per heavy atom. The number of ether oxygens (including phenoxy) is 1. The minimum Gasteiger partial charge on any atom is -0.452 e.